The van der Waals surface area contributed by atoms with Gasteiger partial charge >= 0.3 is 0 Å². The maximum Gasteiger partial charge on any atom is 0.255 e. The van der Waals surface area contributed by atoms with Crippen LogP contribution in [0.3, 0.4) is 0 Å². The van der Waals surface area contributed by atoms with Crippen LogP contribution in [0.25, 0.3) is 0 Å². The molecule has 2 rings (SSSR count). The molecule has 1 N–H and O–H groups in total. The summed E-state index contributed by atoms with van der Waals surface area (Å²) in [6.45, 7) is 2.68. The van der Waals surface area contributed by atoms with Crippen molar-refractivity contribution in [2.45, 2.75) is 13.3 Å². The number of halogens is 1. The Kier molecular flexibility index (Phi) is 4.71. The summed E-state index contributed by atoms with van der Waals surface area (Å²) in [7, 11) is 0. The van der Waals surface area contributed by atoms with E-state index in [-0.39, 0.29) is 11.7 Å². The second-order valence-electron chi connectivity index (χ2n) is 4.34. The lowest BCUT2D eigenvalue weighted by Gasteiger charge is -2.07. The number of hydrogen-bond acceptors (Lipinski definition) is 2. The molecule has 0 saturated heterocycles. The molecule has 0 atom stereocenters. The first kappa shape index (κ1) is 14.1. The van der Waals surface area contributed by atoms with Crippen LogP contribution in [0, 0.1) is 5.82 Å². The quantitative estimate of drug-likeness (QED) is 0.898. The molecule has 4 heteroatoms. The number of amides is 1. The molecule has 0 heterocycles. The zero-order valence-electron chi connectivity index (χ0n) is 11.2. The third-order valence-corrected chi connectivity index (χ3v) is 2.67. The third kappa shape index (κ3) is 3.82. The monoisotopic (exact) mass is 273 g/mol. The predicted octanol–water partition coefficient (Wildman–Crippen LogP) is 3.87. The second kappa shape index (κ2) is 6.70. The highest BCUT2D eigenvalue weighted by Crippen LogP contribution is 2.15. The van der Waals surface area contributed by atoms with E-state index in [9.17, 15) is 9.18 Å². The standard InChI is InChI=1S/C16H16FNO2/c1-2-10-20-15-8-6-12(7-9-15)16(19)18-14-5-3-4-13(17)11-14/h3-9,11H,2,10H2,1H3,(H,18,19). The van der Waals surface area contributed by atoms with E-state index in [2.05, 4.69) is 5.32 Å². The van der Waals surface area contributed by atoms with E-state index in [1.54, 1.807) is 36.4 Å². The first-order valence-corrected chi connectivity index (χ1v) is 6.49. The van der Waals surface area contributed by atoms with Gasteiger partial charge in [0.05, 0.1) is 6.61 Å². The van der Waals surface area contributed by atoms with Crippen LogP contribution in [0.5, 0.6) is 5.75 Å². The van der Waals surface area contributed by atoms with Crippen LogP contribution in [0.1, 0.15) is 23.7 Å². The highest BCUT2D eigenvalue weighted by molar-refractivity contribution is 6.04. The van der Waals surface area contributed by atoms with Gasteiger partial charge in [-0.25, -0.2) is 4.39 Å². The van der Waals surface area contributed by atoms with E-state index in [1.807, 2.05) is 6.92 Å². The summed E-state index contributed by atoms with van der Waals surface area (Å²) >= 11 is 0. The molecule has 0 unspecified atom stereocenters. The summed E-state index contributed by atoms with van der Waals surface area (Å²) in [6.07, 6.45) is 0.932. The van der Waals surface area contributed by atoms with Crippen molar-refractivity contribution in [1.82, 2.24) is 0 Å². The van der Waals surface area contributed by atoms with E-state index < -0.39 is 0 Å². The third-order valence-electron chi connectivity index (χ3n) is 2.67. The minimum atomic E-state index is -0.383. The highest BCUT2D eigenvalue weighted by atomic mass is 19.1. The molecular weight excluding hydrogens is 257 g/mol. The van der Waals surface area contributed by atoms with Crippen molar-refractivity contribution >= 4 is 11.6 Å². The van der Waals surface area contributed by atoms with Crippen molar-refractivity contribution in [3.05, 3.63) is 59.9 Å². The Balaban J connectivity index is 2.02. The molecular formula is C16H16FNO2. The molecule has 1 amide bonds. The zero-order chi connectivity index (χ0) is 14.4. The van der Waals surface area contributed by atoms with Gasteiger partial charge in [0.15, 0.2) is 0 Å². The number of ether oxygens (including phenoxy) is 1. The zero-order valence-corrected chi connectivity index (χ0v) is 11.2. The summed E-state index contributed by atoms with van der Waals surface area (Å²) in [5, 5.41) is 2.64. The molecule has 2 aromatic carbocycles. The van der Waals surface area contributed by atoms with Crippen molar-refractivity contribution in [2.24, 2.45) is 0 Å². The van der Waals surface area contributed by atoms with Crippen LogP contribution < -0.4 is 10.1 Å². The molecule has 0 aromatic heterocycles. The Morgan fingerprint density at radius 2 is 1.95 bits per heavy atom. The number of anilines is 1. The van der Waals surface area contributed by atoms with Crippen LogP contribution in [-0.2, 0) is 0 Å². The van der Waals surface area contributed by atoms with Crippen LogP contribution in [0.4, 0.5) is 10.1 Å². The second-order valence-corrected chi connectivity index (χ2v) is 4.34. The van der Waals surface area contributed by atoms with Gasteiger partial charge in [0.25, 0.3) is 5.91 Å². The summed E-state index contributed by atoms with van der Waals surface area (Å²) in [5.41, 5.74) is 0.930. The summed E-state index contributed by atoms with van der Waals surface area (Å²) in [6, 6.07) is 12.6. The lowest BCUT2D eigenvalue weighted by molar-refractivity contribution is 0.102. The Bertz CT molecular complexity index is 581. The van der Waals surface area contributed by atoms with E-state index >= 15 is 0 Å². The Morgan fingerprint density at radius 3 is 2.60 bits per heavy atom. The van der Waals surface area contributed by atoms with Crippen molar-refractivity contribution in [3.8, 4) is 5.75 Å². The van der Waals surface area contributed by atoms with Crippen molar-refractivity contribution in [3.63, 3.8) is 0 Å². The van der Waals surface area contributed by atoms with Gasteiger partial charge in [-0.15, -0.1) is 0 Å². The van der Waals surface area contributed by atoms with E-state index in [0.29, 0.717) is 17.9 Å². The Morgan fingerprint density at radius 1 is 1.20 bits per heavy atom. The lowest BCUT2D eigenvalue weighted by atomic mass is 10.2. The molecule has 0 aliphatic heterocycles. The Labute approximate surface area is 117 Å². The summed E-state index contributed by atoms with van der Waals surface area (Å²) < 4.78 is 18.5. The summed E-state index contributed by atoms with van der Waals surface area (Å²) in [4.78, 5) is 12.0. The largest absolute Gasteiger partial charge is 0.494 e. The number of rotatable bonds is 5. The molecule has 0 fully saturated rings. The van der Waals surface area contributed by atoms with Gasteiger partial charge in [0.2, 0.25) is 0 Å². The SMILES string of the molecule is CCCOc1ccc(C(=O)Nc2cccc(F)c2)cc1. The van der Waals surface area contributed by atoms with E-state index in [0.717, 1.165) is 12.2 Å². The first-order chi connectivity index (χ1) is 9.69. The molecule has 0 bridgehead atoms. The van der Waals surface area contributed by atoms with Gasteiger partial charge < -0.3 is 10.1 Å². The van der Waals surface area contributed by atoms with Gasteiger partial charge in [-0.3, -0.25) is 4.79 Å². The van der Waals surface area contributed by atoms with E-state index in [4.69, 9.17) is 4.74 Å². The van der Waals surface area contributed by atoms with Gasteiger partial charge in [0, 0.05) is 11.3 Å². The first-order valence-electron chi connectivity index (χ1n) is 6.49. The summed E-state index contributed by atoms with van der Waals surface area (Å²) in [5.74, 6) is 0.0675. The topological polar surface area (TPSA) is 38.3 Å². The van der Waals surface area contributed by atoms with Crippen molar-refractivity contribution in [1.29, 1.82) is 0 Å². The molecule has 0 aliphatic carbocycles. The minimum absolute atomic E-state index is 0.280. The fourth-order valence-electron chi connectivity index (χ4n) is 1.69. The maximum absolute atomic E-state index is 13.0. The van der Waals surface area contributed by atoms with E-state index in [1.165, 1.54) is 12.1 Å². The number of hydrogen-bond donors (Lipinski definition) is 1. The molecule has 3 nitrogen and oxygen atoms in total. The smallest absolute Gasteiger partial charge is 0.255 e. The van der Waals surface area contributed by atoms with Crippen molar-refractivity contribution in [2.75, 3.05) is 11.9 Å². The van der Waals surface area contributed by atoms with Crippen LogP contribution in [0.2, 0.25) is 0 Å². The Hall–Kier alpha value is -2.36. The maximum atomic E-state index is 13.0. The molecule has 0 aliphatic rings. The fraction of sp³-hybridized carbons (Fsp3) is 0.188. The molecule has 0 radical (unpaired) electrons. The highest BCUT2D eigenvalue weighted by Gasteiger charge is 2.06. The average Bonchev–Trinajstić information content (AvgIpc) is 2.45. The average molecular weight is 273 g/mol. The molecule has 104 valence electrons. The number of nitrogens with one attached hydrogen (secondary N) is 1. The van der Waals surface area contributed by atoms with Gasteiger partial charge in [-0.1, -0.05) is 13.0 Å². The lowest BCUT2D eigenvalue weighted by Crippen LogP contribution is -2.11. The fourth-order valence-corrected chi connectivity index (χ4v) is 1.69. The van der Waals surface area contributed by atoms with Crippen LogP contribution >= 0.6 is 0 Å². The molecule has 2 aromatic rings. The molecule has 20 heavy (non-hydrogen) atoms. The van der Waals surface area contributed by atoms with Crippen LogP contribution in [0.15, 0.2) is 48.5 Å². The van der Waals surface area contributed by atoms with Crippen molar-refractivity contribution < 1.29 is 13.9 Å². The van der Waals surface area contributed by atoms with Gasteiger partial charge in [-0.05, 0) is 48.9 Å². The molecule has 0 saturated carbocycles. The number of benzene rings is 2. The number of carbonyl (C=O) groups is 1. The number of carbonyl (C=O) groups excluding carboxylic acids is 1. The molecule has 0 spiro atoms. The predicted molar refractivity (Wildman–Crippen MR) is 76.6 cm³/mol. The van der Waals surface area contributed by atoms with Gasteiger partial charge in [0.1, 0.15) is 11.6 Å². The van der Waals surface area contributed by atoms with Gasteiger partial charge in [-0.2, -0.15) is 0 Å². The normalized spacial score (nSPS) is 10.1. The van der Waals surface area contributed by atoms with Crippen LogP contribution in [-0.4, -0.2) is 12.5 Å². The minimum Gasteiger partial charge on any atom is -0.494 e.